The van der Waals surface area contributed by atoms with Crippen LogP contribution in [0, 0.1) is 10.6 Å². The molecule has 2 unspecified atom stereocenters. The summed E-state index contributed by atoms with van der Waals surface area (Å²) in [6.45, 7) is 0. The lowest BCUT2D eigenvalue weighted by Gasteiger charge is -2.22. The van der Waals surface area contributed by atoms with Crippen LogP contribution in [0.25, 0.3) is 11.1 Å². The lowest BCUT2D eigenvalue weighted by Crippen LogP contribution is -2.32. The van der Waals surface area contributed by atoms with Gasteiger partial charge in [0.15, 0.2) is 0 Å². The van der Waals surface area contributed by atoms with Crippen molar-refractivity contribution in [1.29, 1.82) is 4.78 Å². The highest BCUT2D eigenvalue weighted by molar-refractivity contribution is 7.92. The van der Waals surface area contributed by atoms with Crippen molar-refractivity contribution >= 4 is 15.7 Å². The van der Waals surface area contributed by atoms with Gasteiger partial charge in [0.25, 0.3) is 0 Å². The number of alkyl halides is 3. The van der Waals surface area contributed by atoms with E-state index >= 15 is 0 Å². The molecular formula is C19H21F4N3O3S. The largest absolute Gasteiger partial charge is 0.480 e. The molecule has 0 radical (unpaired) electrons. The van der Waals surface area contributed by atoms with Gasteiger partial charge in [-0.1, -0.05) is 24.3 Å². The van der Waals surface area contributed by atoms with Crippen LogP contribution in [0.15, 0.2) is 42.7 Å². The van der Waals surface area contributed by atoms with E-state index in [2.05, 4.69) is 4.98 Å². The topological polar surface area (TPSA) is 117 Å². The monoisotopic (exact) mass is 447 g/mol. The summed E-state index contributed by atoms with van der Waals surface area (Å²) in [5.41, 5.74) is 6.12. The third-order valence-electron chi connectivity index (χ3n) is 4.56. The minimum atomic E-state index is -4.63. The standard InChI is InChI=1S/C19H21F4N3O3S/c20-15-9-14(10-26-11-15)12-1-3-13(4-2-12)16(19(21,22)23)5-7-30(25,29)8-6-17(24)18(27)28/h1-4,9-11,16-17,25H,5-8,24H2,(H,27,28)/t16?,17-,30?/m0/s1. The lowest BCUT2D eigenvalue weighted by atomic mass is 9.94. The summed E-state index contributed by atoms with van der Waals surface area (Å²) < 4.78 is 74.0. The molecule has 2 aromatic rings. The van der Waals surface area contributed by atoms with Gasteiger partial charge in [0.05, 0.1) is 12.1 Å². The number of aliphatic carboxylic acids is 1. The maximum absolute atomic E-state index is 13.6. The fourth-order valence-electron chi connectivity index (χ4n) is 2.85. The molecule has 0 spiro atoms. The number of nitrogens with two attached hydrogens (primary N) is 1. The number of pyridine rings is 1. The first-order chi connectivity index (χ1) is 13.9. The number of halogens is 4. The highest BCUT2D eigenvalue weighted by Crippen LogP contribution is 2.38. The van der Waals surface area contributed by atoms with Crippen LogP contribution in [0.3, 0.4) is 0 Å². The number of carboxylic acids is 1. The number of carbonyl (C=O) groups is 1. The van der Waals surface area contributed by atoms with E-state index in [0.717, 1.165) is 6.20 Å². The second kappa shape index (κ2) is 9.52. The molecule has 0 saturated heterocycles. The highest BCUT2D eigenvalue weighted by Gasteiger charge is 2.40. The molecule has 0 fully saturated rings. The SMILES string of the molecule is N=S(=O)(CCC(c1ccc(-c2cncc(F)c2)cc1)C(F)(F)F)CC[C@H](N)C(=O)O. The maximum Gasteiger partial charge on any atom is 0.395 e. The Hall–Kier alpha value is -2.53. The van der Waals surface area contributed by atoms with Crippen LogP contribution >= 0.6 is 0 Å². The molecule has 2 rings (SSSR count). The Balaban J connectivity index is 2.13. The van der Waals surface area contributed by atoms with Crippen molar-refractivity contribution in [3.8, 4) is 11.1 Å². The highest BCUT2D eigenvalue weighted by atomic mass is 32.2. The van der Waals surface area contributed by atoms with Crippen molar-refractivity contribution in [2.24, 2.45) is 5.73 Å². The van der Waals surface area contributed by atoms with Gasteiger partial charge in [-0.05, 0) is 30.0 Å². The van der Waals surface area contributed by atoms with Gasteiger partial charge in [-0.3, -0.25) is 14.6 Å². The number of benzene rings is 1. The van der Waals surface area contributed by atoms with Crippen LogP contribution in [0.2, 0.25) is 0 Å². The van der Waals surface area contributed by atoms with Crippen molar-refractivity contribution in [2.45, 2.75) is 31.0 Å². The van der Waals surface area contributed by atoms with Gasteiger partial charge in [0.2, 0.25) is 0 Å². The summed E-state index contributed by atoms with van der Waals surface area (Å²) in [7, 11) is -3.42. The zero-order valence-electron chi connectivity index (χ0n) is 15.7. The molecule has 0 aliphatic carbocycles. The number of hydrogen-bond donors (Lipinski definition) is 3. The molecule has 0 saturated carbocycles. The molecule has 0 bridgehead atoms. The second-order valence-corrected chi connectivity index (χ2v) is 9.29. The Labute approximate surface area is 171 Å². The molecule has 11 heteroatoms. The van der Waals surface area contributed by atoms with Gasteiger partial charge in [-0.25, -0.2) is 8.60 Å². The number of nitrogens with zero attached hydrogens (tertiary/aromatic N) is 1. The third-order valence-corrected chi connectivity index (χ3v) is 6.35. The van der Waals surface area contributed by atoms with Gasteiger partial charge in [0.1, 0.15) is 11.9 Å². The van der Waals surface area contributed by atoms with E-state index in [1.54, 1.807) is 0 Å². The number of carboxylic acid groups (broad SMARTS) is 1. The fourth-order valence-corrected chi connectivity index (χ4v) is 4.30. The molecule has 0 amide bonds. The maximum atomic E-state index is 13.6. The first-order valence-corrected chi connectivity index (χ1v) is 10.8. The van der Waals surface area contributed by atoms with Crippen molar-refractivity contribution in [2.75, 3.05) is 11.5 Å². The Morgan fingerprint density at radius 1 is 1.13 bits per heavy atom. The summed E-state index contributed by atoms with van der Waals surface area (Å²) in [6, 6.07) is 5.22. The molecule has 1 aromatic heterocycles. The van der Waals surface area contributed by atoms with Crippen molar-refractivity contribution < 1.29 is 31.7 Å². The van der Waals surface area contributed by atoms with Gasteiger partial charge in [-0.15, -0.1) is 0 Å². The van der Waals surface area contributed by atoms with E-state index in [1.807, 2.05) is 0 Å². The van der Waals surface area contributed by atoms with Gasteiger partial charge in [-0.2, -0.15) is 13.2 Å². The fraction of sp³-hybridized carbons (Fsp3) is 0.368. The van der Waals surface area contributed by atoms with Crippen LogP contribution in [0.4, 0.5) is 17.6 Å². The lowest BCUT2D eigenvalue weighted by molar-refractivity contribution is -0.150. The number of nitrogens with one attached hydrogen (secondary N) is 1. The summed E-state index contributed by atoms with van der Waals surface area (Å²) >= 11 is 0. The Morgan fingerprint density at radius 3 is 2.27 bits per heavy atom. The van der Waals surface area contributed by atoms with Gasteiger partial charge < -0.3 is 10.8 Å². The average molecular weight is 447 g/mol. The van der Waals surface area contributed by atoms with Crippen molar-refractivity contribution in [1.82, 2.24) is 4.98 Å². The first-order valence-electron chi connectivity index (χ1n) is 8.89. The number of rotatable bonds is 9. The first kappa shape index (κ1) is 23.7. The quantitative estimate of drug-likeness (QED) is 0.506. The molecule has 0 aliphatic rings. The molecular weight excluding hydrogens is 426 g/mol. The van der Waals surface area contributed by atoms with Crippen molar-refractivity contribution in [3.05, 3.63) is 54.1 Å². The zero-order chi connectivity index (χ0) is 22.5. The molecule has 1 heterocycles. The Kier molecular flexibility index (Phi) is 7.54. The average Bonchev–Trinajstić information content (AvgIpc) is 2.65. The molecule has 6 nitrogen and oxygen atoms in total. The van der Waals surface area contributed by atoms with Gasteiger partial charge in [0, 0.05) is 33.0 Å². The minimum absolute atomic E-state index is 0.0759. The van der Waals surface area contributed by atoms with E-state index in [1.165, 1.54) is 36.5 Å². The van der Waals surface area contributed by atoms with E-state index in [9.17, 15) is 26.6 Å². The van der Waals surface area contributed by atoms with Crippen LogP contribution in [-0.2, 0) is 14.5 Å². The molecule has 30 heavy (non-hydrogen) atoms. The second-order valence-electron chi connectivity index (χ2n) is 6.85. The minimum Gasteiger partial charge on any atom is -0.480 e. The van der Waals surface area contributed by atoms with Crippen molar-refractivity contribution in [3.63, 3.8) is 0 Å². The third kappa shape index (κ3) is 6.77. The predicted molar refractivity (Wildman–Crippen MR) is 104 cm³/mol. The van der Waals surface area contributed by atoms with Crippen LogP contribution in [-0.4, -0.2) is 44.0 Å². The van der Waals surface area contributed by atoms with Crippen LogP contribution in [0.5, 0.6) is 0 Å². The van der Waals surface area contributed by atoms with E-state index in [-0.39, 0.29) is 12.0 Å². The zero-order valence-corrected chi connectivity index (χ0v) is 16.5. The number of hydrogen-bond acceptors (Lipinski definition) is 5. The Morgan fingerprint density at radius 2 is 1.73 bits per heavy atom. The molecule has 0 aliphatic heterocycles. The Bertz CT molecular complexity index is 979. The number of aromatic nitrogens is 1. The molecule has 4 N–H and O–H groups in total. The summed E-state index contributed by atoms with van der Waals surface area (Å²) in [6.07, 6.45) is -3.08. The summed E-state index contributed by atoms with van der Waals surface area (Å²) in [4.78, 5) is 14.4. The van der Waals surface area contributed by atoms with E-state index in [0.29, 0.717) is 11.1 Å². The molecule has 3 atom stereocenters. The van der Waals surface area contributed by atoms with E-state index in [4.69, 9.17) is 15.6 Å². The van der Waals surface area contributed by atoms with Gasteiger partial charge >= 0.3 is 12.1 Å². The summed E-state index contributed by atoms with van der Waals surface area (Å²) in [5, 5.41) is 8.72. The smallest absolute Gasteiger partial charge is 0.395 e. The molecule has 164 valence electrons. The predicted octanol–water partition coefficient (Wildman–Crippen LogP) is 3.77. The molecule has 1 aromatic carbocycles. The normalized spacial score (nSPS) is 15.9. The summed E-state index contributed by atoms with van der Waals surface area (Å²) in [5.74, 6) is -4.78. The van der Waals surface area contributed by atoms with Crippen LogP contribution in [0.1, 0.15) is 24.3 Å². The van der Waals surface area contributed by atoms with E-state index < -0.39 is 57.6 Å². The van der Waals surface area contributed by atoms with Crippen LogP contribution < -0.4 is 5.73 Å².